The molecule has 0 saturated heterocycles. The van der Waals surface area contributed by atoms with E-state index in [0.717, 1.165) is 12.5 Å². The lowest BCUT2D eigenvalue weighted by atomic mass is 10.1. The third-order valence-electron chi connectivity index (χ3n) is 4.86. The Morgan fingerprint density at radius 3 is 2.74 bits per heavy atom. The van der Waals surface area contributed by atoms with Crippen LogP contribution in [-0.2, 0) is 17.8 Å². The number of carbonyl (C=O) groups excluding carboxylic acids is 2. The number of ether oxygens (including phenoxy) is 1. The minimum absolute atomic E-state index is 0.0295. The third kappa shape index (κ3) is 5.46. The van der Waals surface area contributed by atoms with E-state index in [0.29, 0.717) is 38.7 Å². The molecule has 1 aliphatic heterocycles. The molecule has 2 heterocycles. The van der Waals surface area contributed by atoms with Gasteiger partial charge in [-0.2, -0.15) is 0 Å². The molecule has 3 N–H and O–H groups in total. The van der Waals surface area contributed by atoms with Gasteiger partial charge in [-0.25, -0.2) is 8.78 Å². The van der Waals surface area contributed by atoms with E-state index in [9.17, 15) is 28.3 Å². The molecule has 166 valence electrons. The Kier molecular flexibility index (Phi) is 7.35. The Hall–Kier alpha value is -3.27. The van der Waals surface area contributed by atoms with E-state index >= 15 is 0 Å². The van der Waals surface area contributed by atoms with E-state index in [2.05, 4.69) is 10.6 Å². The molecular weight excluding hydrogens is 412 g/mol. The molecule has 0 saturated carbocycles. The Bertz CT molecular complexity index is 1040. The minimum Gasteiger partial charge on any atom is -0.503 e. The van der Waals surface area contributed by atoms with Gasteiger partial charge in [0.1, 0.15) is 17.2 Å². The molecule has 2 aromatic rings. The highest BCUT2D eigenvalue weighted by Gasteiger charge is 2.24. The van der Waals surface area contributed by atoms with Crippen molar-refractivity contribution in [3.05, 3.63) is 63.1 Å². The molecule has 8 nitrogen and oxygen atoms in total. The highest BCUT2D eigenvalue weighted by atomic mass is 19.1. The topological polar surface area (TPSA) is 110 Å². The molecule has 0 bridgehead atoms. The fourth-order valence-corrected chi connectivity index (χ4v) is 3.22. The van der Waals surface area contributed by atoms with E-state index in [1.807, 2.05) is 0 Å². The maximum atomic E-state index is 13.8. The summed E-state index contributed by atoms with van der Waals surface area (Å²) in [6, 6.07) is 2.91. The molecule has 0 fully saturated rings. The number of halogens is 2. The third-order valence-corrected chi connectivity index (χ3v) is 4.86. The van der Waals surface area contributed by atoms with Crippen molar-refractivity contribution in [2.75, 3.05) is 19.8 Å². The van der Waals surface area contributed by atoms with Gasteiger partial charge in [0, 0.05) is 50.7 Å². The first-order chi connectivity index (χ1) is 14.9. The summed E-state index contributed by atoms with van der Waals surface area (Å²) in [4.78, 5) is 37.6. The fraction of sp³-hybridized carbons (Fsp3) is 0.381. The van der Waals surface area contributed by atoms with Gasteiger partial charge in [-0.1, -0.05) is 6.07 Å². The number of fused-ring (bicyclic) bond motifs is 1. The van der Waals surface area contributed by atoms with Crippen molar-refractivity contribution in [1.29, 1.82) is 0 Å². The summed E-state index contributed by atoms with van der Waals surface area (Å²) in [5.41, 5.74) is -1.61. The zero-order valence-corrected chi connectivity index (χ0v) is 16.7. The molecule has 1 aromatic heterocycles. The van der Waals surface area contributed by atoms with Crippen LogP contribution in [0.5, 0.6) is 5.75 Å². The predicted octanol–water partition coefficient (Wildman–Crippen LogP) is 1.69. The second kappa shape index (κ2) is 10.2. The molecule has 0 unspecified atom stereocenters. The number of hydrogen-bond acceptors (Lipinski definition) is 5. The van der Waals surface area contributed by atoms with Crippen LogP contribution >= 0.6 is 0 Å². The average molecular weight is 435 g/mol. The van der Waals surface area contributed by atoms with Gasteiger partial charge in [0.2, 0.25) is 5.43 Å². The van der Waals surface area contributed by atoms with Crippen LogP contribution in [0.3, 0.4) is 0 Å². The average Bonchev–Trinajstić information content (AvgIpc) is 2.72. The molecular formula is C21H23F2N3O5. The van der Waals surface area contributed by atoms with E-state index in [-0.39, 0.29) is 24.3 Å². The Morgan fingerprint density at radius 1 is 1.19 bits per heavy atom. The van der Waals surface area contributed by atoms with Crippen LogP contribution in [0.25, 0.3) is 0 Å². The second-order valence-electron chi connectivity index (χ2n) is 7.11. The number of benzene rings is 1. The number of aryl methyl sites for hydroxylation is 1. The van der Waals surface area contributed by atoms with Gasteiger partial charge in [0.25, 0.3) is 11.8 Å². The standard InChI is InChI=1S/C21H23F2N3O5/c22-14-5-4-13(16(23)10-14)11-25-20(29)15-12-26-7-3-9-31-8-2-1-6-24-21(30)17(26)19(28)18(15)27/h4-5,10,12,28H,1-3,6-9,11H2,(H,24,30)(H,25,29). The molecule has 0 aliphatic carbocycles. The number of amides is 2. The van der Waals surface area contributed by atoms with E-state index in [4.69, 9.17) is 4.74 Å². The first-order valence-electron chi connectivity index (χ1n) is 9.93. The van der Waals surface area contributed by atoms with Crippen molar-refractivity contribution in [1.82, 2.24) is 15.2 Å². The highest BCUT2D eigenvalue weighted by Crippen LogP contribution is 2.16. The number of aromatic hydroxyl groups is 1. The molecule has 10 heteroatoms. The number of aromatic nitrogens is 1. The predicted molar refractivity (Wildman–Crippen MR) is 107 cm³/mol. The summed E-state index contributed by atoms with van der Waals surface area (Å²) in [5.74, 6) is -3.90. The molecule has 1 aromatic carbocycles. The quantitative estimate of drug-likeness (QED) is 0.680. The number of rotatable bonds is 3. The van der Waals surface area contributed by atoms with Crippen molar-refractivity contribution in [2.45, 2.75) is 32.4 Å². The lowest BCUT2D eigenvalue weighted by molar-refractivity contribution is 0.0914. The maximum Gasteiger partial charge on any atom is 0.271 e. The van der Waals surface area contributed by atoms with Gasteiger partial charge in [-0.05, 0) is 25.3 Å². The van der Waals surface area contributed by atoms with Crippen molar-refractivity contribution in [3.63, 3.8) is 0 Å². The molecule has 0 radical (unpaired) electrons. The van der Waals surface area contributed by atoms with Crippen LogP contribution in [-0.4, -0.2) is 41.2 Å². The zero-order chi connectivity index (χ0) is 22.4. The first kappa shape index (κ1) is 22.4. The zero-order valence-electron chi connectivity index (χ0n) is 16.7. The summed E-state index contributed by atoms with van der Waals surface area (Å²) in [5, 5.41) is 15.4. The molecule has 2 amide bonds. The maximum absolute atomic E-state index is 13.8. The van der Waals surface area contributed by atoms with Crippen molar-refractivity contribution in [2.24, 2.45) is 0 Å². The summed E-state index contributed by atoms with van der Waals surface area (Å²) < 4.78 is 33.6. The molecule has 31 heavy (non-hydrogen) atoms. The second-order valence-corrected chi connectivity index (χ2v) is 7.11. The Morgan fingerprint density at radius 2 is 1.97 bits per heavy atom. The minimum atomic E-state index is -1.01. The lowest BCUT2D eigenvalue weighted by Gasteiger charge is -2.17. The Labute approximate surface area is 176 Å². The summed E-state index contributed by atoms with van der Waals surface area (Å²) in [7, 11) is 0. The van der Waals surface area contributed by atoms with Gasteiger partial charge in [-0.3, -0.25) is 14.4 Å². The smallest absolute Gasteiger partial charge is 0.271 e. The van der Waals surface area contributed by atoms with Crippen LogP contribution < -0.4 is 16.1 Å². The molecule has 1 aliphatic rings. The number of nitrogens with zero attached hydrogens (tertiary/aromatic N) is 1. The van der Waals surface area contributed by atoms with Crippen LogP contribution in [0.4, 0.5) is 8.78 Å². The monoisotopic (exact) mass is 435 g/mol. The lowest BCUT2D eigenvalue weighted by Crippen LogP contribution is -2.34. The van der Waals surface area contributed by atoms with Gasteiger partial charge in [0.15, 0.2) is 11.4 Å². The van der Waals surface area contributed by atoms with Crippen LogP contribution in [0.2, 0.25) is 0 Å². The normalized spacial score (nSPS) is 15.2. The number of pyridine rings is 1. The van der Waals surface area contributed by atoms with Gasteiger partial charge < -0.3 is 25.0 Å². The van der Waals surface area contributed by atoms with Crippen molar-refractivity contribution >= 4 is 11.8 Å². The van der Waals surface area contributed by atoms with E-state index in [1.54, 1.807) is 0 Å². The summed E-state index contributed by atoms with van der Waals surface area (Å²) >= 11 is 0. The van der Waals surface area contributed by atoms with E-state index < -0.39 is 40.2 Å². The van der Waals surface area contributed by atoms with Crippen LogP contribution in [0, 0.1) is 11.6 Å². The van der Waals surface area contributed by atoms with E-state index in [1.165, 1.54) is 16.8 Å². The largest absolute Gasteiger partial charge is 0.503 e. The van der Waals surface area contributed by atoms with Crippen LogP contribution in [0.15, 0.2) is 29.2 Å². The number of carbonyl (C=O) groups is 2. The number of nitrogens with one attached hydrogen (secondary N) is 2. The molecule has 0 spiro atoms. The molecule has 0 atom stereocenters. The summed E-state index contributed by atoms with van der Waals surface area (Å²) in [6.45, 7) is 1.26. The fourth-order valence-electron chi connectivity index (χ4n) is 3.22. The number of hydrogen-bond donors (Lipinski definition) is 3. The van der Waals surface area contributed by atoms with Gasteiger partial charge >= 0.3 is 0 Å². The summed E-state index contributed by atoms with van der Waals surface area (Å²) in [6.07, 6.45) is 3.13. The SMILES string of the molecule is O=C(NCc1ccc(F)cc1F)c1cn2c(c(O)c1=O)C(=O)NCCCCOCCC2. The molecule has 3 rings (SSSR count). The first-order valence-corrected chi connectivity index (χ1v) is 9.93. The highest BCUT2D eigenvalue weighted by molar-refractivity contribution is 5.98. The van der Waals surface area contributed by atoms with Crippen molar-refractivity contribution in [3.8, 4) is 5.75 Å². The van der Waals surface area contributed by atoms with Crippen LogP contribution in [0.1, 0.15) is 45.7 Å². The van der Waals surface area contributed by atoms with Crippen molar-refractivity contribution < 1.29 is 28.2 Å². The van der Waals surface area contributed by atoms with Gasteiger partial charge in [-0.15, -0.1) is 0 Å². The van der Waals surface area contributed by atoms with Gasteiger partial charge in [0.05, 0.1) is 0 Å². The Balaban J connectivity index is 1.87.